The molecular formula is C9H10N2. The molecule has 2 nitrogen and oxygen atoms in total. The number of amidine groups is 1. The van der Waals surface area contributed by atoms with E-state index >= 15 is 0 Å². The molecule has 1 aliphatic carbocycles. The van der Waals surface area contributed by atoms with Gasteiger partial charge in [-0.05, 0) is 6.08 Å². The molecular weight excluding hydrogens is 136 g/mol. The van der Waals surface area contributed by atoms with Crippen molar-refractivity contribution >= 4 is 5.84 Å². The van der Waals surface area contributed by atoms with Crippen LogP contribution in [0.2, 0.25) is 0 Å². The lowest BCUT2D eigenvalue weighted by Crippen LogP contribution is -2.17. The summed E-state index contributed by atoms with van der Waals surface area (Å²) in [5, 5.41) is 10.2. The minimum absolute atomic E-state index is 0.414. The molecule has 0 unspecified atom stereocenters. The number of nitrogens with one attached hydrogen (secondary N) is 2. The molecule has 0 saturated heterocycles. The lowest BCUT2D eigenvalue weighted by atomic mass is 10.2. The third-order valence-corrected chi connectivity index (χ3v) is 1.39. The highest BCUT2D eigenvalue weighted by Crippen LogP contribution is 2.00. The fourth-order valence-corrected chi connectivity index (χ4v) is 0.780. The maximum Gasteiger partial charge on any atom is 0.125 e. The molecule has 0 bridgehead atoms. The monoisotopic (exact) mass is 146 g/mol. The first-order valence-electron chi connectivity index (χ1n) is 3.46. The first kappa shape index (κ1) is 7.62. The Balaban J connectivity index is 2.80. The fourth-order valence-electron chi connectivity index (χ4n) is 0.780. The zero-order valence-electron chi connectivity index (χ0n) is 6.44. The van der Waals surface area contributed by atoms with Gasteiger partial charge in [-0.3, -0.25) is 5.41 Å². The summed E-state index contributed by atoms with van der Waals surface area (Å²) in [6.45, 7) is 0. The van der Waals surface area contributed by atoms with E-state index in [-0.39, 0.29) is 0 Å². The molecule has 0 saturated carbocycles. The highest BCUT2D eigenvalue weighted by Gasteiger charge is 1.97. The second kappa shape index (κ2) is 3.62. The van der Waals surface area contributed by atoms with Crippen LogP contribution in [0.3, 0.4) is 0 Å². The Morgan fingerprint density at radius 3 is 3.27 bits per heavy atom. The first-order chi connectivity index (χ1) is 5.34. The number of rotatable bonds is 1. The summed E-state index contributed by atoms with van der Waals surface area (Å²) in [6.07, 6.45) is 6.38. The smallest absolute Gasteiger partial charge is 0.125 e. The minimum atomic E-state index is 0.414. The molecule has 0 radical (unpaired) electrons. The Kier molecular flexibility index (Phi) is 2.51. The zero-order valence-corrected chi connectivity index (χ0v) is 6.44. The molecule has 11 heavy (non-hydrogen) atoms. The van der Waals surface area contributed by atoms with Crippen LogP contribution in [0.4, 0.5) is 0 Å². The quantitative estimate of drug-likeness (QED) is 0.324. The van der Waals surface area contributed by atoms with Crippen LogP contribution in [0.15, 0.2) is 23.8 Å². The summed E-state index contributed by atoms with van der Waals surface area (Å²) < 4.78 is 0. The zero-order chi connectivity index (χ0) is 8.10. The Labute approximate surface area is 66.5 Å². The van der Waals surface area contributed by atoms with Crippen LogP contribution in [0.1, 0.15) is 6.42 Å². The van der Waals surface area contributed by atoms with E-state index in [1.807, 2.05) is 12.2 Å². The molecule has 2 heteroatoms. The van der Waals surface area contributed by atoms with Crippen LogP contribution in [0.25, 0.3) is 0 Å². The van der Waals surface area contributed by atoms with E-state index < -0.39 is 0 Å². The topological polar surface area (TPSA) is 35.9 Å². The lowest BCUT2D eigenvalue weighted by Gasteiger charge is -2.00. The summed E-state index contributed by atoms with van der Waals surface area (Å²) in [4.78, 5) is 0. The van der Waals surface area contributed by atoms with Crippen molar-refractivity contribution < 1.29 is 0 Å². The van der Waals surface area contributed by atoms with Crippen LogP contribution >= 0.6 is 0 Å². The Hall–Kier alpha value is -1.49. The fraction of sp³-hybridized carbons (Fsp3) is 0.222. The summed E-state index contributed by atoms with van der Waals surface area (Å²) >= 11 is 0. The van der Waals surface area contributed by atoms with E-state index in [0.717, 1.165) is 12.0 Å². The number of hydrogen-bond donors (Lipinski definition) is 2. The van der Waals surface area contributed by atoms with Crippen LogP contribution in [-0.2, 0) is 0 Å². The third-order valence-electron chi connectivity index (χ3n) is 1.39. The second-order valence-corrected chi connectivity index (χ2v) is 2.15. The SMILES string of the molecule is CNC(=N)C1=CC#CCC=C1. The maximum atomic E-state index is 7.43. The van der Waals surface area contributed by atoms with Crippen LogP contribution in [0.5, 0.6) is 0 Å². The molecule has 0 aromatic rings. The van der Waals surface area contributed by atoms with Gasteiger partial charge < -0.3 is 5.32 Å². The van der Waals surface area contributed by atoms with Crippen molar-refractivity contribution in [3.8, 4) is 11.8 Å². The Morgan fingerprint density at radius 2 is 2.55 bits per heavy atom. The summed E-state index contributed by atoms with van der Waals surface area (Å²) in [5.41, 5.74) is 0.845. The van der Waals surface area contributed by atoms with E-state index in [2.05, 4.69) is 17.2 Å². The van der Waals surface area contributed by atoms with Gasteiger partial charge in [0.2, 0.25) is 0 Å². The number of likely N-dealkylation sites (N-methyl/N-ethyl adjacent to an activating group) is 1. The van der Waals surface area contributed by atoms with Crippen molar-refractivity contribution in [1.82, 2.24) is 5.32 Å². The van der Waals surface area contributed by atoms with Crippen molar-refractivity contribution in [2.75, 3.05) is 7.05 Å². The average Bonchev–Trinajstić information content (AvgIpc) is 2.30. The number of hydrogen-bond acceptors (Lipinski definition) is 1. The maximum absolute atomic E-state index is 7.43. The van der Waals surface area contributed by atoms with E-state index in [1.165, 1.54) is 0 Å². The average molecular weight is 146 g/mol. The number of allylic oxidation sites excluding steroid dienone is 2. The Morgan fingerprint density at radius 1 is 1.73 bits per heavy atom. The van der Waals surface area contributed by atoms with E-state index in [9.17, 15) is 0 Å². The first-order valence-corrected chi connectivity index (χ1v) is 3.46. The molecule has 0 amide bonds. The van der Waals surface area contributed by atoms with Gasteiger partial charge in [0.15, 0.2) is 0 Å². The van der Waals surface area contributed by atoms with Gasteiger partial charge in [-0.25, -0.2) is 0 Å². The van der Waals surface area contributed by atoms with E-state index in [1.54, 1.807) is 13.1 Å². The van der Waals surface area contributed by atoms with Crippen LogP contribution < -0.4 is 5.32 Å². The van der Waals surface area contributed by atoms with Crippen molar-refractivity contribution in [3.63, 3.8) is 0 Å². The molecule has 0 heterocycles. The van der Waals surface area contributed by atoms with Gasteiger partial charge in [-0.15, -0.1) is 0 Å². The molecule has 0 aromatic heterocycles. The highest BCUT2D eigenvalue weighted by atomic mass is 14.9. The second-order valence-electron chi connectivity index (χ2n) is 2.15. The van der Waals surface area contributed by atoms with Gasteiger partial charge in [0.1, 0.15) is 5.84 Å². The van der Waals surface area contributed by atoms with Gasteiger partial charge in [0.25, 0.3) is 0 Å². The highest BCUT2D eigenvalue weighted by molar-refractivity contribution is 5.98. The predicted molar refractivity (Wildman–Crippen MR) is 46.4 cm³/mol. The lowest BCUT2D eigenvalue weighted by molar-refractivity contribution is 1.14. The van der Waals surface area contributed by atoms with Crippen molar-refractivity contribution in [2.45, 2.75) is 6.42 Å². The van der Waals surface area contributed by atoms with Crippen LogP contribution in [0, 0.1) is 17.3 Å². The molecule has 56 valence electrons. The largest absolute Gasteiger partial charge is 0.373 e. The third kappa shape index (κ3) is 1.98. The molecule has 0 fully saturated rings. The summed E-state index contributed by atoms with van der Waals surface area (Å²) in [5.74, 6) is 6.19. The normalized spacial score (nSPS) is 14.1. The van der Waals surface area contributed by atoms with Crippen LogP contribution in [-0.4, -0.2) is 12.9 Å². The van der Waals surface area contributed by atoms with Gasteiger partial charge >= 0.3 is 0 Å². The standard InChI is InChI=1S/C9H10N2/c1-11-9(10)8-6-4-2-3-5-7-8/h4,6-7H,2H2,1H3,(H2,10,11). The van der Waals surface area contributed by atoms with Gasteiger partial charge in [0.05, 0.1) is 0 Å². The molecule has 2 N–H and O–H groups in total. The van der Waals surface area contributed by atoms with E-state index in [4.69, 9.17) is 5.41 Å². The molecule has 0 aromatic carbocycles. The van der Waals surface area contributed by atoms with Gasteiger partial charge in [-0.1, -0.05) is 24.0 Å². The van der Waals surface area contributed by atoms with Gasteiger partial charge in [-0.2, -0.15) is 0 Å². The molecule has 1 rings (SSSR count). The molecule has 0 atom stereocenters. The van der Waals surface area contributed by atoms with Crippen molar-refractivity contribution in [2.24, 2.45) is 0 Å². The van der Waals surface area contributed by atoms with E-state index in [0.29, 0.717) is 5.84 Å². The van der Waals surface area contributed by atoms with Crippen molar-refractivity contribution in [1.29, 1.82) is 5.41 Å². The predicted octanol–water partition coefficient (Wildman–Crippen LogP) is 1.07. The molecule has 0 aliphatic heterocycles. The minimum Gasteiger partial charge on any atom is -0.373 e. The van der Waals surface area contributed by atoms with Crippen molar-refractivity contribution in [3.05, 3.63) is 23.8 Å². The Bertz CT molecular complexity index is 274. The summed E-state index contributed by atoms with van der Waals surface area (Å²) in [6, 6.07) is 0. The molecule has 0 spiro atoms. The molecule has 1 aliphatic rings. The summed E-state index contributed by atoms with van der Waals surface area (Å²) in [7, 11) is 1.73. The van der Waals surface area contributed by atoms with Gasteiger partial charge in [0, 0.05) is 19.0 Å².